The summed E-state index contributed by atoms with van der Waals surface area (Å²) in [7, 11) is 0. The molecule has 0 saturated carbocycles. The Bertz CT molecular complexity index is 362. The molecule has 0 aliphatic carbocycles. The van der Waals surface area contributed by atoms with Gasteiger partial charge in [-0.15, -0.1) is 0 Å². The number of anilines is 1. The summed E-state index contributed by atoms with van der Waals surface area (Å²) in [6.45, 7) is 7.18. The lowest BCUT2D eigenvalue weighted by Crippen LogP contribution is -2.10. The molecule has 1 aromatic rings. The molecule has 1 aromatic carbocycles. The third kappa shape index (κ3) is 5.02. The molecule has 1 N–H and O–H groups in total. The average molecular weight is 306 g/mol. The Balaban J connectivity index is 2.53. The Morgan fingerprint density at radius 1 is 1.24 bits per heavy atom. The molecule has 0 aliphatic rings. The van der Waals surface area contributed by atoms with E-state index in [9.17, 15) is 8.78 Å². The molecule has 1 nitrogen and oxygen atoms in total. The molecule has 0 saturated heterocycles. The van der Waals surface area contributed by atoms with Crippen molar-refractivity contribution in [3.05, 3.63) is 28.2 Å². The van der Waals surface area contributed by atoms with Crippen LogP contribution < -0.4 is 5.32 Å². The molecule has 0 radical (unpaired) electrons. The van der Waals surface area contributed by atoms with E-state index in [1.807, 2.05) is 0 Å². The number of benzene rings is 1. The fraction of sp³-hybridized carbons (Fsp3) is 0.538. The van der Waals surface area contributed by atoms with E-state index in [0.717, 1.165) is 18.9 Å². The van der Waals surface area contributed by atoms with Gasteiger partial charge in [-0.2, -0.15) is 0 Å². The highest BCUT2D eigenvalue weighted by molar-refractivity contribution is 9.10. The van der Waals surface area contributed by atoms with E-state index in [4.69, 9.17) is 0 Å². The van der Waals surface area contributed by atoms with Crippen molar-refractivity contribution < 1.29 is 8.78 Å². The van der Waals surface area contributed by atoms with Crippen molar-refractivity contribution in [2.45, 2.75) is 33.6 Å². The Hall–Kier alpha value is -0.640. The van der Waals surface area contributed by atoms with Gasteiger partial charge in [-0.25, -0.2) is 8.78 Å². The summed E-state index contributed by atoms with van der Waals surface area (Å²) in [6.07, 6.45) is 2.01. The van der Waals surface area contributed by atoms with Crippen LogP contribution in [0.5, 0.6) is 0 Å². The van der Waals surface area contributed by atoms with Crippen LogP contribution in [0.3, 0.4) is 0 Å². The normalized spacial score (nSPS) is 11.6. The molecule has 17 heavy (non-hydrogen) atoms. The molecule has 0 aromatic heterocycles. The first-order chi connectivity index (χ1) is 7.79. The first-order valence-electron chi connectivity index (χ1n) is 5.68. The second kappa shape index (κ2) is 5.80. The highest BCUT2D eigenvalue weighted by Crippen LogP contribution is 2.27. The van der Waals surface area contributed by atoms with Gasteiger partial charge in [-0.1, -0.05) is 20.8 Å². The van der Waals surface area contributed by atoms with Gasteiger partial charge in [0.2, 0.25) is 0 Å². The zero-order valence-corrected chi connectivity index (χ0v) is 12.0. The van der Waals surface area contributed by atoms with Gasteiger partial charge in [0.1, 0.15) is 11.6 Å². The predicted octanol–water partition coefficient (Wildman–Crippen LogP) is 4.97. The first kappa shape index (κ1) is 14.4. The van der Waals surface area contributed by atoms with Crippen molar-refractivity contribution in [2.24, 2.45) is 5.41 Å². The highest BCUT2D eigenvalue weighted by Gasteiger charge is 2.11. The molecule has 0 aliphatic heterocycles. The monoisotopic (exact) mass is 305 g/mol. The number of hydrogen-bond donors (Lipinski definition) is 1. The number of halogens is 3. The van der Waals surface area contributed by atoms with Crippen LogP contribution in [0.4, 0.5) is 14.5 Å². The lowest BCUT2D eigenvalue weighted by atomic mass is 9.91. The van der Waals surface area contributed by atoms with Crippen LogP contribution in [0.1, 0.15) is 33.6 Å². The van der Waals surface area contributed by atoms with Gasteiger partial charge in [0, 0.05) is 17.1 Å². The van der Waals surface area contributed by atoms with Crippen molar-refractivity contribution in [2.75, 3.05) is 11.9 Å². The molecule has 0 amide bonds. The largest absolute Gasteiger partial charge is 0.382 e. The van der Waals surface area contributed by atoms with E-state index in [1.165, 1.54) is 6.07 Å². The van der Waals surface area contributed by atoms with Gasteiger partial charge < -0.3 is 5.32 Å². The number of nitrogens with one attached hydrogen (secondary N) is 1. The van der Waals surface area contributed by atoms with E-state index in [-0.39, 0.29) is 5.41 Å². The van der Waals surface area contributed by atoms with Gasteiger partial charge in [0.25, 0.3) is 0 Å². The van der Waals surface area contributed by atoms with Crippen molar-refractivity contribution in [3.8, 4) is 0 Å². The Morgan fingerprint density at radius 3 is 2.41 bits per heavy atom. The molecule has 96 valence electrons. The van der Waals surface area contributed by atoms with Crippen molar-refractivity contribution in [1.29, 1.82) is 0 Å². The maximum absolute atomic E-state index is 13.4. The van der Waals surface area contributed by atoms with E-state index in [0.29, 0.717) is 16.7 Å². The van der Waals surface area contributed by atoms with Gasteiger partial charge in [0.15, 0.2) is 0 Å². The average Bonchev–Trinajstić information content (AvgIpc) is 2.13. The summed E-state index contributed by atoms with van der Waals surface area (Å²) in [6, 6.07) is 2.14. The van der Waals surface area contributed by atoms with Crippen LogP contribution in [0, 0.1) is 17.0 Å². The Morgan fingerprint density at radius 2 is 1.88 bits per heavy atom. The van der Waals surface area contributed by atoms with Gasteiger partial charge in [-0.3, -0.25) is 0 Å². The summed E-state index contributed by atoms with van der Waals surface area (Å²) in [4.78, 5) is 0. The minimum atomic E-state index is -0.574. The van der Waals surface area contributed by atoms with E-state index in [2.05, 4.69) is 42.0 Å². The molecule has 1 rings (SSSR count). The zero-order valence-electron chi connectivity index (χ0n) is 10.4. The number of rotatable bonds is 4. The topological polar surface area (TPSA) is 12.0 Å². The van der Waals surface area contributed by atoms with Crippen LogP contribution in [0.25, 0.3) is 0 Å². The summed E-state index contributed by atoms with van der Waals surface area (Å²) in [5.74, 6) is -1.14. The highest BCUT2D eigenvalue weighted by atomic mass is 79.9. The molecule has 0 spiro atoms. The zero-order chi connectivity index (χ0) is 13.1. The minimum Gasteiger partial charge on any atom is -0.382 e. The van der Waals surface area contributed by atoms with Crippen molar-refractivity contribution in [3.63, 3.8) is 0 Å². The molecule has 0 heterocycles. The number of hydrogen-bond acceptors (Lipinski definition) is 1. The maximum Gasteiger partial charge on any atom is 0.150 e. The fourth-order valence-electron chi connectivity index (χ4n) is 1.54. The van der Waals surface area contributed by atoms with Gasteiger partial charge in [0.05, 0.1) is 5.69 Å². The first-order valence-corrected chi connectivity index (χ1v) is 6.47. The maximum atomic E-state index is 13.4. The SMILES string of the molecule is CC(C)(C)CCCNc1c(F)cc(F)cc1Br. The molecule has 4 heteroatoms. The lowest BCUT2D eigenvalue weighted by molar-refractivity contribution is 0.370. The molecule has 0 atom stereocenters. The van der Waals surface area contributed by atoms with Crippen LogP contribution >= 0.6 is 15.9 Å². The van der Waals surface area contributed by atoms with Crippen molar-refractivity contribution in [1.82, 2.24) is 0 Å². The quantitative estimate of drug-likeness (QED) is 0.775. The van der Waals surface area contributed by atoms with Crippen LogP contribution in [-0.2, 0) is 0 Å². The summed E-state index contributed by atoms with van der Waals surface area (Å²) in [5, 5.41) is 2.99. The predicted molar refractivity (Wildman–Crippen MR) is 71.2 cm³/mol. The molecular weight excluding hydrogens is 288 g/mol. The lowest BCUT2D eigenvalue weighted by Gasteiger charge is -2.18. The van der Waals surface area contributed by atoms with E-state index < -0.39 is 11.6 Å². The third-order valence-corrected chi connectivity index (χ3v) is 3.04. The molecule has 0 unspecified atom stereocenters. The minimum absolute atomic E-state index is 0.278. The van der Waals surface area contributed by atoms with Crippen molar-refractivity contribution >= 4 is 21.6 Å². The van der Waals surface area contributed by atoms with Gasteiger partial charge >= 0.3 is 0 Å². The standard InChI is InChI=1S/C13H18BrF2N/c1-13(2,3)5-4-6-17-12-10(14)7-9(15)8-11(12)16/h7-8,17H,4-6H2,1-3H3. The van der Waals surface area contributed by atoms with Crippen LogP contribution in [-0.4, -0.2) is 6.54 Å². The molecular formula is C13H18BrF2N. The van der Waals surface area contributed by atoms with Crippen LogP contribution in [0.2, 0.25) is 0 Å². The summed E-state index contributed by atoms with van der Waals surface area (Å²) < 4.78 is 26.7. The third-order valence-electron chi connectivity index (χ3n) is 2.41. The summed E-state index contributed by atoms with van der Waals surface area (Å²) >= 11 is 3.15. The smallest absolute Gasteiger partial charge is 0.150 e. The Kier molecular flexibility index (Phi) is 4.92. The van der Waals surface area contributed by atoms with E-state index in [1.54, 1.807) is 0 Å². The second-order valence-electron chi connectivity index (χ2n) is 5.34. The van der Waals surface area contributed by atoms with Crippen LogP contribution in [0.15, 0.2) is 16.6 Å². The molecule has 0 fully saturated rings. The van der Waals surface area contributed by atoms with Gasteiger partial charge in [-0.05, 0) is 40.3 Å². The molecule has 0 bridgehead atoms. The fourth-order valence-corrected chi connectivity index (χ4v) is 2.09. The Labute approximate surface area is 110 Å². The van der Waals surface area contributed by atoms with E-state index >= 15 is 0 Å². The second-order valence-corrected chi connectivity index (χ2v) is 6.19. The summed E-state index contributed by atoms with van der Waals surface area (Å²) in [5.41, 5.74) is 0.612.